The van der Waals surface area contributed by atoms with E-state index in [1.165, 1.54) is 135 Å². The van der Waals surface area contributed by atoms with Crippen molar-refractivity contribution in [1.29, 1.82) is 0 Å². The highest BCUT2D eigenvalue weighted by Gasteiger charge is 2.20. The maximum absolute atomic E-state index is 12.4. The Morgan fingerprint density at radius 1 is 0.509 bits per heavy atom. The first-order chi connectivity index (χ1) is 26.0. The lowest BCUT2D eigenvalue weighted by Gasteiger charge is -2.22. The predicted octanol–water partition coefficient (Wildman–Crippen LogP) is 13.2. The minimum absolute atomic E-state index is 0.0220. The first-order valence-corrected chi connectivity index (χ1v) is 23.1. The van der Waals surface area contributed by atoms with E-state index in [9.17, 15) is 19.8 Å². The van der Waals surface area contributed by atoms with Crippen molar-refractivity contribution in [3.05, 3.63) is 24.3 Å². The summed E-state index contributed by atoms with van der Waals surface area (Å²) >= 11 is 0. The summed E-state index contributed by atoms with van der Waals surface area (Å²) in [5, 5.41) is 23.0. The average Bonchev–Trinajstić information content (AvgIpc) is 3.16. The second-order valence-corrected chi connectivity index (χ2v) is 15.7. The van der Waals surface area contributed by atoms with Crippen LogP contribution in [-0.4, -0.2) is 47.4 Å². The van der Waals surface area contributed by atoms with Gasteiger partial charge >= 0.3 is 5.97 Å². The largest absolute Gasteiger partial charge is 0.466 e. The van der Waals surface area contributed by atoms with Crippen LogP contribution in [0.3, 0.4) is 0 Å². The van der Waals surface area contributed by atoms with Gasteiger partial charge in [0.05, 0.1) is 25.4 Å². The molecule has 0 heterocycles. The summed E-state index contributed by atoms with van der Waals surface area (Å²) in [6.45, 7) is 4.85. The van der Waals surface area contributed by atoms with E-state index in [-0.39, 0.29) is 18.5 Å². The minimum atomic E-state index is -0.672. The van der Waals surface area contributed by atoms with Crippen LogP contribution in [0.5, 0.6) is 0 Å². The summed E-state index contributed by atoms with van der Waals surface area (Å²) in [6.07, 6.45) is 48.5. The van der Waals surface area contributed by atoms with Crippen molar-refractivity contribution in [3.63, 3.8) is 0 Å². The molecule has 0 aliphatic carbocycles. The zero-order valence-corrected chi connectivity index (χ0v) is 35.2. The third-order valence-corrected chi connectivity index (χ3v) is 10.5. The number of carbonyl (C=O) groups is 2. The van der Waals surface area contributed by atoms with Crippen molar-refractivity contribution in [2.24, 2.45) is 0 Å². The van der Waals surface area contributed by atoms with E-state index in [2.05, 4.69) is 43.5 Å². The average molecular weight is 748 g/mol. The standard InChI is InChI=1S/C47H89NO5/c1-3-5-7-9-11-13-20-25-29-33-37-41-47(52)53-42-38-34-30-26-22-19-17-15-16-18-21-24-28-32-36-40-46(51)48-44(43-49)45(50)39-35-31-27-23-14-12-10-8-6-4-2/h9,11,17,19,44-45,49-50H,3-8,10,12-16,18,20-43H2,1-2H3,(H,48,51)/b11-9-,19-17-. The Bertz CT molecular complexity index is 828. The summed E-state index contributed by atoms with van der Waals surface area (Å²) in [7, 11) is 0. The normalized spacial score (nSPS) is 12.9. The maximum Gasteiger partial charge on any atom is 0.305 e. The number of unbranched alkanes of at least 4 members (excludes halogenated alkanes) is 27. The lowest BCUT2D eigenvalue weighted by molar-refractivity contribution is -0.143. The van der Waals surface area contributed by atoms with Gasteiger partial charge in [-0.3, -0.25) is 9.59 Å². The van der Waals surface area contributed by atoms with Gasteiger partial charge in [-0.15, -0.1) is 0 Å². The zero-order chi connectivity index (χ0) is 38.7. The van der Waals surface area contributed by atoms with Crippen LogP contribution in [0, 0.1) is 0 Å². The Morgan fingerprint density at radius 2 is 0.906 bits per heavy atom. The van der Waals surface area contributed by atoms with Gasteiger partial charge in [0.15, 0.2) is 0 Å². The molecule has 3 N–H and O–H groups in total. The minimum Gasteiger partial charge on any atom is -0.466 e. The van der Waals surface area contributed by atoms with Crippen molar-refractivity contribution < 1.29 is 24.5 Å². The van der Waals surface area contributed by atoms with Crippen molar-refractivity contribution in [3.8, 4) is 0 Å². The number of allylic oxidation sites excluding steroid dienone is 4. The Balaban J connectivity index is 3.48. The molecular formula is C47H89NO5. The number of aliphatic hydroxyl groups is 2. The van der Waals surface area contributed by atoms with E-state index in [1.54, 1.807) is 0 Å². The number of carbonyl (C=O) groups excluding carboxylic acids is 2. The molecule has 0 aromatic rings. The molecule has 0 aliphatic heterocycles. The molecule has 0 fully saturated rings. The number of esters is 1. The molecule has 0 saturated heterocycles. The summed E-state index contributed by atoms with van der Waals surface area (Å²) in [6, 6.07) is -0.550. The highest BCUT2D eigenvalue weighted by atomic mass is 16.5. The number of hydrogen-bond donors (Lipinski definition) is 3. The van der Waals surface area contributed by atoms with E-state index in [1.807, 2.05) is 0 Å². The van der Waals surface area contributed by atoms with E-state index < -0.39 is 12.1 Å². The van der Waals surface area contributed by atoms with E-state index in [0.29, 0.717) is 25.9 Å². The monoisotopic (exact) mass is 748 g/mol. The van der Waals surface area contributed by atoms with Gasteiger partial charge in [0.2, 0.25) is 5.91 Å². The molecule has 2 unspecified atom stereocenters. The number of ether oxygens (including phenoxy) is 1. The number of nitrogens with one attached hydrogen (secondary N) is 1. The van der Waals surface area contributed by atoms with Gasteiger partial charge in [-0.1, -0.05) is 179 Å². The second kappa shape index (κ2) is 43.1. The SMILES string of the molecule is CCCC/C=C\CCCCCCCC(=O)OCCCCCC/C=C\CCCCCCCCCC(=O)NC(CO)C(O)CCCCCCCCCCCC. The van der Waals surface area contributed by atoms with Crippen LogP contribution in [0.4, 0.5) is 0 Å². The molecule has 312 valence electrons. The molecule has 0 aromatic heterocycles. The molecule has 0 aromatic carbocycles. The Kier molecular flexibility index (Phi) is 41.7. The van der Waals surface area contributed by atoms with Gasteiger partial charge in [0, 0.05) is 12.8 Å². The Labute approximate surface area is 329 Å². The molecule has 6 nitrogen and oxygen atoms in total. The highest BCUT2D eigenvalue weighted by Crippen LogP contribution is 2.15. The summed E-state index contributed by atoms with van der Waals surface area (Å²) < 4.78 is 5.42. The number of rotatable bonds is 42. The number of hydrogen-bond acceptors (Lipinski definition) is 5. The quantitative estimate of drug-likeness (QED) is 0.0328. The van der Waals surface area contributed by atoms with Crippen LogP contribution in [0.2, 0.25) is 0 Å². The van der Waals surface area contributed by atoms with Crippen LogP contribution < -0.4 is 5.32 Å². The molecule has 1 amide bonds. The van der Waals surface area contributed by atoms with E-state index in [0.717, 1.165) is 70.6 Å². The third kappa shape index (κ3) is 39.8. The van der Waals surface area contributed by atoms with Crippen LogP contribution >= 0.6 is 0 Å². The van der Waals surface area contributed by atoms with Crippen molar-refractivity contribution in [2.75, 3.05) is 13.2 Å². The van der Waals surface area contributed by atoms with Crippen molar-refractivity contribution in [1.82, 2.24) is 5.32 Å². The lowest BCUT2D eigenvalue weighted by Crippen LogP contribution is -2.45. The van der Waals surface area contributed by atoms with Gasteiger partial charge in [0.25, 0.3) is 0 Å². The molecule has 0 rings (SSSR count). The van der Waals surface area contributed by atoms with Gasteiger partial charge in [0.1, 0.15) is 0 Å². The lowest BCUT2D eigenvalue weighted by atomic mass is 10.0. The summed E-state index contributed by atoms with van der Waals surface area (Å²) in [5.41, 5.74) is 0. The fourth-order valence-electron chi connectivity index (χ4n) is 6.85. The predicted molar refractivity (Wildman–Crippen MR) is 227 cm³/mol. The zero-order valence-electron chi connectivity index (χ0n) is 35.2. The van der Waals surface area contributed by atoms with Gasteiger partial charge in [-0.25, -0.2) is 0 Å². The van der Waals surface area contributed by atoms with E-state index in [4.69, 9.17) is 4.74 Å². The van der Waals surface area contributed by atoms with Crippen LogP contribution in [0.15, 0.2) is 24.3 Å². The molecule has 6 heteroatoms. The topological polar surface area (TPSA) is 95.9 Å². The molecule has 2 atom stereocenters. The first kappa shape index (κ1) is 51.3. The Hall–Kier alpha value is -1.66. The first-order valence-electron chi connectivity index (χ1n) is 23.1. The van der Waals surface area contributed by atoms with Crippen LogP contribution in [0.25, 0.3) is 0 Å². The van der Waals surface area contributed by atoms with Crippen LogP contribution in [0.1, 0.15) is 239 Å². The van der Waals surface area contributed by atoms with Crippen molar-refractivity contribution in [2.45, 2.75) is 251 Å². The fraction of sp³-hybridized carbons (Fsp3) is 0.872. The highest BCUT2D eigenvalue weighted by molar-refractivity contribution is 5.76. The molecule has 0 saturated carbocycles. The molecule has 0 spiro atoms. The number of amides is 1. The van der Waals surface area contributed by atoms with Gasteiger partial charge in [-0.05, 0) is 70.6 Å². The third-order valence-electron chi connectivity index (χ3n) is 10.5. The fourth-order valence-corrected chi connectivity index (χ4v) is 6.85. The number of aliphatic hydroxyl groups excluding tert-OH is 2. The van der Waals surface area contributed by atoms with E-state index >= 15 is 0 Å². The van der Waals surface area contributed by atoms with Gasteiger partial charge < -0.3 is 20.3 Å². The smallest absolute Gasteiger partial charge is 0.305 e. The molecule has 53 heavy (non-hydrogen) atoms. The summed E-state index contributed by atoms with van der Waals surface area (Å²) in [5.74, 6) is -0.0754. The maximum atomic E-state index is 12.4. The van der Waals surface area contributed by atoms with Crippen LogP contribution in [-0.2, 0) is 14.3 Å². The molecule has 0 radical (unpaired) electrons. The van der Waals surface area contributed by atoms with Crippen molar-refractivity contribution >= 4 is 11.9 Å². The Morgan fingerprint density at radius 3 is 1.40 bits per heavy atom. The molecule has 0 aliphatic rings. The molecule has 0 bridgehead atoms. The second-order valence-electron chi connectivity index (χ2n) is 15.7. The molecular weight excluding hydrogens is 659 g/mol. The van der Waals surface area contributed by atoms with Gasteiger partial charge in [-0.2, -0.15) is 0 Å². The summed E-state index contributed by atoms with van der Waals surface area (Å²) in [4.78, 5) is 24.3.